The highest BCUT2D eigenvalue weighted by atomic mass is 16.2. The van der Waals surface area contributed by atoms with Gasteiger partial charge >= 0.3 is 0 Å². The monoisotopic (exact) mass is 433 g/mol. The van der Waals surface area contributed by atoms with Gasteiger partial charge in [0.25, 0.3) is 5.91 Å². The highest BCUT2D eigenvalue weighted by molar-refractivity contribution is 6.00. The van der Waals surface area contributed by atoms with Crippen LogP contribution in [0.25, 0.3) is 0 Å². The molecule has 3 unspecified atom stereocenters. The summed E-state index contributed by atoms with van der Waals surface area (Å²) < 4.78 is 0. The van der Waals surface area contributed by atoms with Crippen LogP contribution in [0.15, 0.2) is 54.6 Å². The Labute approximate surface area is 189 Å². The molecular weight excluding hydrogens is 402 g/mol. The van der Waals surface area contributed by atoms with Crippen LogP contribution in [0.3, 0.4) is 0 Å². The molecule has 1 aliphatic heterocycles. The molecule has 4 rings (SSSR count). The highest BCUT2D eigenvalue weighted by Crippen LogP contribution is 2.40. The zero-order valence-electron chi connectivity index (χ0n) is 18.5. The fraction of sp³-hybridized carbons (Fsp3) is 0.423. The number of amides is 3. The Hall–Kier alpha value is -3.15. The molecule has 2 aromatic rings. The average molecular weight is 434 g/mol. The molecule has 6 nitrogen and oxygen atoms in total. The topological polar surface area (TPSA) is 78.5 Å². The average Bonchev–Trinajstić information content (AvgIpc) is 3.22. The molecular formula is C26H31N3O3. The number of likely N-dealkylation sites (tertiary alicyclic amines) is 1. The number of anilines is 1. The third-order valence-electron chi connectivity index (χ3n) is 6.74. The van der Waals surface area contributed by atoms with Crippen molar-refractivity contribution >= 4 is 23.4 Å². The number of hydrogen-bond acceptors (Lipinski definition) is 3. The zero-order chi connectivity index (χ0) is 22.5. The molecule has 1 aliphatic carbocycles. The summed E-state index contributed by atoms with van der Waals surface area (Å²) in [5.41, 5.74) is 2.42. The van der Waals surface area contributed by atoms with Crippen LogP contribution in [0.1, 0.15) is 54.9 Å². The van der Waals surface area contributed by atoms with E-state index < -0.39 is 6.04 Å². The van der Waals surface area contributed by atoms with Crippen molar-refractivity contribution in [2.75, 3.05) is 11.9 Å². The summed E-state index contributed by atoms with van der Waals surface area (Å²) in [6, 6.07) is 16.4. The summed E-state index contributed by atoms with van der Waals surface area (Å²) in [7, 11) is 0. The lowest BCUT2D eigenvalue weighted by atomic mass is 9.84. The molecule has 1 saturated carbocycles. The van der Waals surface area contributed by atoms with E-state index in [0.29, 0.717) is 17.9 Å². The van der Waals surface area contributed by atoms with Crippen LogP contribution in [0, 0.1) is 5.92 Å². The number of carbonyl (C=O) groups is 3. The standard InChI is InChI=1S/C26H31N3O3/c1-2-18-10-6-8-14-21(18)28-24(30)17-27-25(31)23-16-20-13-7-9-15-22(20)29(23)26(32)19-11-4-3-5-12-19/h3-6,8,10-12,14,20,22-23H,2,7,9,13,15-17H2,1H3,(H,27,31)(H,28,30). The first-order valence-electron chi connectivity index (χ1n) is 11.6. The SMILES string of the molecule is CCc1ccccc1NC(=O)CNC(=O)C1CC2CCCCC2N1C(=O)c1ccccc1. The minimum atomic E-state index is -0.536. The number of fused-ring (bicyclic) bond motifs is 1. The van der Waals surface area contributed by atoms with E-state index in [0.717, 1.165) is 43.4 Å². The van der Waals surface area contributed by atoms with Gasteiger partial charge < -0.3 is 15.5 Å². The van der Waals surface area contributed by atoms with Gasteiger partial charge in [0.1, 0.15) is 6.04 Å². The summed E-state index contributed by atoms with van der Waals surface area (Å²) in [6.45, 7) is 1.92. The van der Waals surface area contributed by atoms with Crippen molar-refractivity contribution in [1.29, 1.82) is 0 Å². The van der Waals surface area contributed by atoms with Gasteiger partial charge in [-0.3, -0.25) is 14.4 Å². The van der Waals surface area contributed by atoms with Crippen LogP contribution in [0.4, 0.5) is 5.69 Å². The van der Waals surface area contributed by atoms with Crippen molar-refractivity contribution in [3.05, 3.63) is 65.7 Å². The minimum Gasteiger partial charge on any atom is -0.345 e. The van der Waals surface area contributed by atoms with Crippen LogP contribution in [0.2, 0.25) is 0 Å². The molecule has 6 heteroatoms. The Kier molecular flexibility index (Phi) is 6.88. The Morgan fingerprint density at radius 1 is 0.969 bits per heavy atom. The van der Waals surface area contributed by atoms with Crippen molar-refractivity contribution in [1.82, 2.24) is 10.2 Å². The molecule has 1 heterocycles. The van der Waals surface area contributed by atoms with Crippen LogP contribution in [0.5, 0.6) is 0 Å². The van der Waals surface area contributed by atoms with E-state index in [1.165, 1.54) is 0 Å². The van der Waals surface area contributed by atoms with Crippen molar-refractivity contribution < 1.29 is 14.4 Å². The number of para-hydroxylation sites is 1. The van der Waals surface area contributed by atoms with Gasteiger partial charge in [-0.1, -0.05) is 56.2 Å². The summed E-state index contributed by atoms with van der Waals surface area (Å²) in [5, 5.41) is 5.67. The lowest BCUT2D eigenvalue weighted by Gasteiger charge is -2.33. The van der Waals surface area contributed by atoms with Crippen LogP contribution < -0.4 is 10.6 Å². The number of hydrogen-bond donors (Lipinski definition) is 2. The van der Waals surface area contributed by atoms with Gasteiger partial charge in [0.15, 0.2) is 0 Å². The first-order valence-corrected chi connectivity index (χ1v) is 11.6. The predicted octanol–water partition coefficient (Wildman–Crippen LogP) is 3.78. The molecule has 32 heavy (non-hydrogen) atoms. The van der Waals surface area contributed by atoms with Crippen molar-refractivity contribution in [3.8, 4) is 0 Å². The largest absolute Gasteiger partial charge is 0.345 e. The molecule has 0 aromatic heterocycles. The number of carbonyl (C=O) groups excluding carboxylic acids is 3. The van der Waals surface area contributed by atoms with Gasteiger partial charge in [-0.05, 0) is 55.4 Å². The second kappa shape index (κ2) is 9.98. The quantitative estimate of drug-likeness (QED) is 0.728. The number of rotatable bonds is 6. The fourth-order valence-electron chi connectivity index (χ4n) is 5.15. The highest BCUT2D eigenvalue weighted by Gasteiger charge is 2.47. The second-order valence-corrected chi connectivity index (χ2v) is 8.72. The Morgan fingerprint density at radius 3 is 2.47 bits per heavy atom. The van der Waals surface area contributed by atoms with Gasteiger partial charge in [0.2, 0.25) is 11.8 Å². The molecule has 0 spiro atoms. The molecule has 3 atom stereocenters. The first-order chi connectivity index (χ1) is 15.6. The van der Waals surface area contributed by atoms with Crippen molar-refractivity contribution in [2.45, 2.75) is 57.5 Å². The fourth-order valence-corrected chi connectivity index (χ4v) is 5.15. The maximum absolute atomic E-state index is 13.3. The van der Waals surface area contributed by atoms with E-state index in [2.05, 4.69) is 10.6 Å². The van der Waals surface area contributed by atoms with Gasteiger partial charge in [0.05, 0.1) is 6.54 Å². The third kappa shape index (κ3) is 4.69. The molecule has 0 radical (unpaired) electrons. The summed E-state index contributed by atoms with van der Waals surface area (Å²) in [4.78, 5) is 40.7. The van der Waals surface area contributed by atoms with Gasteiger partial charge in [-0.15, -0.1) is 0 Å². The minimum absolute atomic E-state index is 0.0949. The second-order valence-electron chi connectivity index (χ2n) is 8.72. The Balaban J connectivity index is 1.44. The Morgan fingerprint density at radius 2 is 1.69 bits per heavy atom. The third-order valence-corrected chi connectivity index (χ3v) is 6.74. The van der Waals surface area contributed by atoms with E-state index >= 15 is 0 Å². The van der Waals surface area contributed by atoms with Gasteiger partial charge in [-0.25, -0.2) is 0 Å². The van der Waals surface area contributed by atoms with Crippen LogP contribution in [-0.4, -0.2) is 41.2 Å². The lowest BCUT2D eigenvalue weighted by Crippen LogP contribution is -2.50. The first kappa shape index (κ1) is 22.1. The van der Waals surface area contributed by atoms with E-state index in [1.807, 2.05) is 49.4 Å². The van der Waals surface area contributed by atoms with Gasteiger partial charge in [-0.2, -0.15) is 0 Å². The summed E-state index contributed by atoms with van der Waals surface area (Å²) in [6.07, 6.45) is 5.66. The molecule has 2 N–H and O–H groups in total. The number of nitrogens with zero attached hydrogens (tertiary/aromatic N) is 1. The summed E-state index contributed by atoms with van der Waals surface area (Å²) >= 11 is 0. The molecule has 2 fully saturated rings. The number of nitrogens with one attached hydrogen (secondary N) is 2. The van der Waals surface area contributed by atoms with E-state index in [-0.39, 0.29) is 30.3 Å². The zero-order valence-corrected chi connectivity index (χ0v) is 18.5. The van der Waals surface area contributed by atoms with Crippen LogP contribution >= 0.6 is 0 Å². The predicted molar refractivity (Wildman–Crippen MR) is 124 cm³/mol. The lowest BCUT2D eigenvalue weighted by molar-refractivity contribution is -0.127. The van der Waals surface area contributed by atoms with Crippen LogP contribution in [-0.2, 0) is 16.0 Å². The smallest absolute Gasteiger partial charge is 0.254 e. The molecule has 0 bridgehead atoms. The molecule has 2 aliphatic rings. The molecule has 168 valence electrons. The molecule has 1 saturated heterocycles. The molecule has 3 amide bonds. The molecule has 2 aromatic carbocycles. The van der Waals surface area contributed by atoms with E-state index in [9.17, 15) is 14.4 Å². The normalized spacial score (nSPS) is 22.2. The maximum Gasteiger partial charge on any atom is 0.254 e. The Bertz CT molecular complexity index is 975. The van der Waals surface area contributed by atoms with E-state index in [1.54, 1.807) is 17.0 Å². The number of benzene rings is 2. The maximum atomic E-state index is 13.3. The van der Waals surface area contributed by atoms with Gasteiger partial charge in [0, 0.05) is 17.3 Å². The van der Waals surface area contributed by atoms with Crippen molar-refractivity contribution in [2.24, 2.45) is 5.92 Å². The number of aryl methyl sites for hydroxylation is 1. The van der Waals surface area contributed by atoms with E-state index in [4.69, 9.17) is 0 Å². The van der Waals surface area contributed by atoms with Crippen molar-refractivity contribution in [3.63, 3.8) is 0 Å². The summed E-state index contributed by atoms with van der Waals surface area (Å²) in [5.74, 6) is -0.267.